The standard InChI is InChI=1S/C27H22ClN3O5/c1-2-36-27(35)18-11-13-21(14-12-18)31-25(33)22(28)23(26(31)34)30-20-10-6-9-19(15-20)24(32)29-16-17-7-4-3-5-8-17/h3-15,30H,2,16H2,1H3,(H,29,32). The first-order valence-corrected chi connectivity index (χ1v) is 11.5. The van der Waals surface area contributed by atoms with Gasteiger partial charge in [-0.15, -0.1) is 0 Å². The van der Waals surface area contributed by atoms with Crippen molar-refractivity contribution in [2.24, 2.45) is 0 Å². The molecular formula is C27H22ClN3O5. The topological polar surface area (TPSA) is 105 Å². The van der Waals surface area contributed by atoms with Crippen molar-refractivity contribution in [3.05, 3.63) is 106 Å². The van der Waals surface area contributed by atoms with E-state index in [2.05, 4.69) is 10.6 Å². The van der Waals surface area contributed by atoms with Crippen molar-refractivity contribution in [2.45, 2.75) is 13.5 Å². The van der Waals surface area contributed by atoms with Crippen molar-refractivity contribution in [3.63, 3.8) is 0 Å². The van der Waals surface area contributed by atoms with Gasteiger partial charge in [-0.25, -0.2) is 9.69 Å². The fourth-order valence-corrected chi connectivity index (χ4v) is 3.78. The number of hydrogen-bond donors (Lipinski definition) is 2. The molecule has 0 saturated carbocycles. The van der Waals surface area contributed by atoms with Crippen LogP contribution in [0.1, 0.15) is 33.2 Å². The Kier molecular flexibility index (Phi) is 7.46. The highest BCUT2D eigenvalue weighted by molar-refractivity contribution is 6.53. The van der Waals surface area contributed by atoms with Crippen molar-refractivity contribution in [3.8, 4) is 0 Å². The maximum absolute atomic E-state index is 13.1. The summed E-state index contributed by atoms with van der Waals surface area (Å²) >= 11 is 6.21. The Balaban J connectivity index is 1.47. The molecule has 0 radical (unpaired) electrons. The minimum Gasteiger partial charge on any atom is -0.462 e. The van der Waals surface area contributed by atoms with Crippen LogP contribution in [0, 0.1) is 0 Å². The SMILES string of the molecule is CCOC(=O)c1ccc(N2C(=O)C(Cl)=C(Nc3cccc(C(=O)NCc4ccccc4)c3)C2=O)cc1. The van der Waals surface area contributed by atoms with Crippen LogP contribution in [0.4, 0.5) is 11.4 Å². The predicted octanol–water partition coefficient (Wildman–Crippen LogP) is 4.23. The number of benzene rings is 3. The number of anilines is 2. The molecule has 3 amide bonds. The molecule has 1 aliphatic heterocycles. The molecule has 3 aromatic rings. The molecule has 4 rings (SSSR count). The zero-order valence-electron chi connectivity index (χ0n) is 19.3. The third kappa shape index (κ3) is 5.29. The molecule has 0 aromatic heterocycles. The highest BCUT2D eigenvalue weighted by Gasteiger charge is 2.39. The largest absolute Gasteiger partial charge is 0.462 e. The summed E-state index contributed by atoms with van der Waals surface area (Å²) in [6, 6.07) is 21.9. The first-order valence-electron chi connectivity index (χ1n) is 11.1. The van der Waals surface area contributed by atoms with Crippen molar-refractivity contribution in [1.29, 1.82) is 0 Å². The Bertz CT molecular complexity index is 1350. The molecule has 0 unspecified atom stereocenters. The zero-order chi connectivity index (χ0) is 25.7. The summed E-state index contributed by atoms with van der Waals surface area (Å²) in [6.45, 7) is 2.29. The molecule has 182 valence electrons. The van der Waals surface area contributed by atoms with Gasteiger partial charge >= 0.3 is 5.97 Å². The summed E-state index contributed by atoms with van der Waals surface area (Å²) in [6.07, 6.45) is 0. The number of halogens is 1. The number of ether oxygens (including phenoxy) is 1. The second-order valence-electron chi connectivity index (χ2n) is 7.78. The van der Waals surface area contributed by atoms with E-state index in [-0.39, 0.29) is 28.9 Å². The van der Waals surface area contributed by atoms with Crippen LogP contribution in [0.15, 0.2) is 89.6 Å². The summed E-state index contributed by atoms with van der Waals surface area (Å²) in [4.78, 5) is 51.2. The molecule has 2 N–H and O–H groups in total. The summed E-state index contributed by atoms with van der Waals surface area (Å²) in [7, 11) is 0. The number of nitrogens with one attached hydrogen (secondary N) is 2. The number of imide groups is 1. The van der Waals surface area contributed by atoms with E-state index in [9.17, 15) is 19.2 Å². The van der Waals surface area contributed by atoms with Gasteiger partial charge in [-0.05, 0) is 55.0 Å². The van der Waals surface area contributed by atoms with E-state index in [1.54, 1.807) is 31.2 Å². The molecule has 0 aliphatic carbocycles. The highest BCUT2D eigenvalue weighted by Crippen LogP contribution is 2.30. The van der Waals surface area contributed by atoms with Gasteiger partial charge < -0.3 is 15.4 Å². The van der Waals surface area contributed by atoms with E-state index in [1.807, 2.05) is 30.3 Å². The smallest absolute Gasteiger partial charge is 0.338 e. The Labute approximate surface area is 212 Å². The lowest BCUT2D eigenvalue weighted by Gasteiger charge is -2.15. The van der Waals surface area contributed by atoms with Crippen LogP contribution in [-0.4, -0.2) is 30.3 Å². The summed E-state index contributed by atoms with van der Waals surface area (Å²) in [5, 5.41) is 5.43. The summed E-state index contributed by atoms with van der Waals surface area (Å²) in [5.41, 5.74) is 2.17. The van der Waals surface area contributed by atoms with Gasteiger partial charge in [0.2, 0.25) is 0 Å². The van der Waals surface area contributed by atoms with Gasteiger partial charge in [0.1, 0.15) is 10.7 Å². The molecule has 3 aromatic carbocycles. The van der Waals surface area contributed by atoms with Crippen LogP contribution in [0.2, 0.25) is 0 Å². The fraction of sp³-hybridized carbons (Fsp3) is 0.111. The van der Waals surface area contributed by atoms with Crippen LogP contribution < -0.4 is 15.5 Å². The Morgan fingerprint density at radius 1 is 0.889 bits per heavy atom. The third-order valence-corrected chi connectivity index (χ3v) is 5.70. The predicted molar refractivity (Wildman–Crippen MR) is 135 cm³/mol. The molecule has 0 fully saturated rings. The molecule has 0 atom stereocenters. The Hall–Kier alpha value is -4.43. The normalized spacial score (nSPS) is 13.1. The third-order valence-electron chi connectivity index (χ3n) is 5.35. The number of carbonyl (C=O) groups is 4. The number of carbonyl (C=O) groups excluding carboxylic acids is 4. The average Bonchev–Trinajstić information content (AvgIpc) is 3.11. The van der Waals surface area contributed by atoms with Gasteiger partial charge in [0.25, 0.3) is 17.7 Å². The Morgan fingerprint density at radius 3 is 2.31 bits per heavy atom. The van der Waals surface area contributed by atoms with Crippen molar-refractivity contribution < 1.29 is 23.9 Å². The molecule has 0 saturated heterocycles. The number of esters is 1. The van der Waals surface area contributed by atoms with Crippen LogP contribution in [0.5, 0.6) is 0 Å². The van der Waals surface area contributed by atoms with E-state index in [0.29, 0.717) is 23.4 Å². The second-order valence-corrected chi connectivity index (χ2v) is 8.15. The average molecular weight is 504 g/mol. The lowest BCUT2D eigenvalue weighted by atomic mass is 10.1. The highest BCUT2D eigenvalue weighted by atomic mass is 35.5. The van der Waals surface area contributed by atoms with Crippen LogP contribution in [0.25, 0.3) is 0 Å². The molecule has 8 nitrogen and oxygen atoms in total. The van der Waals surface area contributed by atoms with E-state index in [0.717, 1.165) is 10.5 Å². The second kappa shape index (κ2) is 10.9. The number of nitrogens with zero attached hydrogens (tertiary/aromatic N) is 1. The minimum atomic E-state index is -0.704. The molecule has 0 spiro atoms. The molecular weight excluding hydrogens is 482 g/mol. The monoisotopic (exact) mass is 503 g/mol. The summed E-state index contributed by atoms with van der Waals surface area (Å²) < 4.78 is 4.95. The quantitative estimate of drug-likeness (QED) is 0.352. The van der Waals surface area contributed by atoms with Crippen LogP contribution in [0.3, 0.4) is 0 Å². The lowest BCUT2D eigenvalue weighted by Crippen LogP contribution is -2.32. The summed E-state index contributed by atoms with van der Waals surface area (Å²) in [5.74, 6) is -2.16. The molecule has 36 heavy (non-hydrogen) atoms. The minimum absolute atomic E-state index is 0.113. The van der Waals surface area contributed by atoms with Gasteiger partial charge in [0.05, 0.1) is 17.9 Å². The van der Waals surface area contributed by atoms with E-state index in [4.69, 9.17) is 16.3 Å². The van der Waals surface area contributed by atoms with Gasteiger partial charge in [-0.3, -0.25) is 14.4 Å². The fourth-order valence-electron chi connectivity index (χ4n) is 3.57. The molecule has 1 heterocycles. The number of hydrogen-bond acceptors (Lipinski definition) is 6. The Morgan fingerprint density at radius 2 is 1.61 bits per heavy atom. The maximum atomic E-state index is 13.1. The van der Waals surface area contributed by atoms with Gasteiger partial charge in [-0.1, -0.05) is 48.0 Å². The van der Waals surface area contributed by atoms with Crippen molar-refractivity contribution in [2.75, 3.05) is 16.8 Å². The van der Waals surface area contributed by atoms with E-state index in [1.165, 1.54) is 24.3 Å². The zero-order valence-corrected chi connectivity index (χ0v) is 20.0. The van der Waals surface area contributed by atoms with Crippen molar-refractivity contribution >= 4 is 46.7 Å². The number of amides is 3. The lowest BCUT2D eigenvalue weighted by molar-refractivity contribution is -0.120. The number of rotatable bonds is 8. The van der Waals surface area contributed by atoms with Crippen LogP contribution in [-0.2, 0) is 20.9 Å². The maximum Gasteiger partial charge on any atom is 0.338 e. The van der Waals surface area contributed by atoms with Gasteiger partial charge in [0.15, 0.2) is 0 Å². The van der Waals surface area contributed by atoms with Crippen molar-refractivity contribution in [1.82, 2.24) is 5.32 Å². The molecule has 1 aliphatic rings. The van der Waals surface area contributed by atoms with Gasteiger partial charge in [-0.2, -0.15) is 0 Å². The van der Waals surface area contributed by atoms with E-state index < -0.39 is 17.8 Å². The first-order chi connectivity index (χ1) is 17.4. The first kappa shape index (κ1) is 24.7. The van der Waals surface area contributed by atoms with Crippen LogP contribution >= 0.6 is 11.6 Å². The van der Waals surface area contributed by atoms with E-state index >= 15 is 0 Å². The van der Waals surface area contributed by atoms with Gasteiger partial charge in [0, 0.05) is 17.8 Å². The molecule has 0 bridgehead atoms. The molecule has 9 heteroatoms.